The molecule has 0 saturated carbocycles. The molecule has 0 spiro atoms. The van der Waals surface area contributed by atoms with Gasteiger partial charge in [-0.25, -0.2) is 0 Å². The molecular formula is C17H21N3O6S. The Morgan fingerprint density at radius 1 is 1.22 bits per heavy atom. The number of carbonyl (C=O) groups is 3. The van der Waals surface area contributed by atoms with Crippen molar-refractivity contribution in [3.8, 4) is 5.75 Å². The SMILES string of the molecule is CCOc1ccsc1C(=O)Nc1cnn(C(CC(=O)OC)CC(=O)OC)c1. The summed E-state index contributed by atoms with van der Waals surface area (Å²) in [6.07, 6.45) is 2.87. The summed E-state index contributed by atoms with van der Waals surface area (Å²) in [5, 5.41) is 8.64. The summed E-state index contributed by atoms with van der Waals surface area (Å²) in [6, 6.07) is 1.14. The van der Waals surface area contributed by atoms with Crippen molar-refractivity contribution in [1.82, 2.24) is 9.78 Å². The van der Waals surface area contributed by atoms with Crippen LogP contribution in [0.1, 0.15) is 35.5 Å². The van der Waals surface area contributed by atoms with Gasteiger partial charge in [0, 0.05) is 6.20 Å². The van der Waals surface area contributed by atoms with Gasteiger partial charge in [0.2, 0.25) is 0 Å². The zero-order valence-corrected chi connectivity index (χ0v) is 16.1. The molecular weight excluding hydrogens is 374 g/mol. The van der Waals surface area contributed by atoms with Gasteiger partial charge in [0.05, 0.1) is 51.6 Å². The third kappa shape index (κ3) is 5.55. The molecule has 0 saturated heterocycles. The van der Waals surface area contributed by atoms with E-state index in [9.17, 15) is 14.4 Å². The third-order valence-corrected chi connectivity index (χ3v) is 4.52. The van der Waals surface area contributed by atoms with Crippen molar-refractivity contribution >= 4 is 34.9 Å². The van der Waals surface area contributed by atoms with Crippen molar-refractivity contribution < 1.29 is 28.6 Å². The highest BCUT2D eigenvalue weighted by Crippen LogP contribution is 2.26. The van der Waals surface area contributed by atoms with Crippen LogP contribution < -0.4 is 10.1 Å². The first-order valence-corrected chi connectivity index (χ1v) is 9.05. The Balaban J connectivity index is 2.12. The predicted octanol–water partition coefficient (Wildman–Crippen LogP) is 2.26. The number of methoxy groups -OCH3 is 2. The second-order valence-corrected chi connectivity index (χ2v) is 6.34. The van der Waals surface area contributed by atoms with Gasteiger partial charge in [-0.3, -0.25) is 19.1 Å². The standard InChI is InChI=1S/C17H21N3O6S/c1-4-26-13-5-6-27-16(13)17(23)19-11-9-18-20(10-11)12(7-14(21)24-2)8-15(22)25-3/h5-6,9-10,12H,4,7-8H2,1-3H3,(H,19,23). The Hall–Kier alpha value is -2.88. The highest BCUT2D eigenvalue weighted by atomic mass is 32.1. The van der Waals surface area contributed by atoms with Crippen molar-refractivity contribution in [2.45, 2.75) is 25.8 Å². The molecule has 146 valence electrons. The maximum atomic E-state index is 12.4. The minimum atomic E-state index is -0.587. The van der Waals surface area contributed by atoms with E-state index in [1.54, 1.807) is 17.6 Å². The monoisotopic (exact) mass is 395 g/mol. The van der Waals surface area contributed by atoms with E-state index in [1.165, 1.54) is 36.4 Å². The van der Waals surface area contributed by atoms with E-state index in [-0.39, 0.29) is 18.7 Å². The Morgan fingerprint density at radius 3 is 2.48 bits per heavy atom. The fourth-order valence-corrected chi connectivity index (χ4v) is 3.06. The van der Waals surface area contributed by atoms with E-state index in [4.69, 9.17) is 4.74 Å². The van der Waals surface area contributed by atoms with Crippen molar-refractivity contribution in [3.05, 3.63) is 28.7 Å². The van der Waals surface area contributed by atoms with Gasteiger partial charge in [-0.15, -0.1) is 11.3 Å². The molecule has 2 heterocycles. The number of hydrogen-bond acceptors (Lipinski definition) is 8. The van der Waals surface area contributed by atoms with Gasteiger partial charge < -0.3 is 19.5 Å². The lowest BCUT2D eigenvalue weighted by atomic mass is 10.1. The first-order valence-electron chi connectivity index (χ1n) is 8.17. The zero-order chi connectivity index (χ0) is 19.8. The van der Waals surface area contributed by atoms with Crippen molar-refractivity contribution in [2.75, 3.05) is 26.1 Å². The summed E-state index contributed by atoms with van der Waals surface area (Å²) < 4.78 is 16.2. The molecule has 0 aliphatic carbocycles. The van der Waals surface area contributed by atoms with Crippen LogP contribution in [0, 0.1) is 0 Å². The zero-order valence-electron chi connectivity index (χ0n) is 15.3. The molecule has 2 aromatic heterocycles. The number of amides is 1. The molecule has 0 aliphatic heterocycles. The number of esters is 2. The van der Waals surface area contributed by atoms with Gasteiger partial charge in [0.1, 0.15) is 10.6 Å². The molecule has 0 aromatic carbocycles. The van der Waals surface area contributed by atoms with E-state index in [2.05, 4.69) is 19.9 Å². The van der Waals surface area contributed by atoms with Crippen LogP contribution in [0.25, 0.3) is 0 Å². The molecule has 0 atom stereocenters. The molecule has 27 heavy (non-hydrogen) atoms. The fourth-order valence-electron chi connectivity index (χ4n) is 2.33. The molecule has 0 fully saturated rings. The molecule has 0 bridgehead atoms. The van der Waals surface area contributed by atoms with Crippen LogP contribution in [0.5, 0.6) is 5.75 Å². The molecule has 2 rings (SSSR count). The molecule has 0 radical (unpaired) electrons. The van der Waals surface area contributed by atoms with Gasteiger partial charge >= 0.3 is 11.9 Å². The summed E-state index contributed by atoms with van der Waals surface area (Å²) in [4.78, 5) is 36.1. The fraction of sp³-hybridized carbons (Fsp3) is 0.412. The maximum Gasteiger partial charge on any atom is 0.307 e. The van der Waals surface area contributed by atoms with Crippen molar-refractivity contribution in [2.24, 2.45) is 0 Å². The number of hydrogen-bond donors (Lipinski definition) is 1. The van der Waals surface area contributed by atoms with E-state index < -0.39 is 18.0 Å². The molecule has 10 heteroatoms. The summed E-state index contributed by atoms with van der Waals surface area (Å²) in [7, 11) is 2.53. The number of aromatic nitrogens is 2. The largest absolute Gasteiger partial charge is 0.492 e. The van der Waals surface area contributed by atoms with E-state index >= 15 is 0 Å². The number of carbonyl (C=O) groups excluding carboxylic acids is 3. The average Bonchev–Trinajstić information content (AvgIpc) is 3.30. The molecule has 1 amide bonds. The second-order valence-electron chi connectivity index (χ2n) is 5.42. The smallest absolute Gasteiger partial charge is 0.307 e. The number of rotatable bonds is 9. The Labute approximate surface area is 160 Å². The van der Waals surface area contributed by atoms with Gasteiger partial charge in [-0.2, -0.15) is 5.10 Å². The molecule has 9 nitrogen and oxygen atoms in total. The number of thiophene rings is 1. The Morgan fingerprint density at radius 2 is 1.89 bits per heavy atom. The second kappa shape index (κ2) is 9.72. The number of anilines is 1. The van der Waals surface area contributed by atoms with Crippen LogP contribution in [0.4, 0.5) is 5.69 Å². The van der Waals surface area contributed by atoms with Gasteiger partial charge in [-0.05, 0) is 18.4 Å². The van der Waals surface area contributed by atoms with Crippen LogP contribution in [0.3, 0.4) is 0 Å². The highest BCUT2D eigenvalue weighted by molar-refractivity contribution is 7.12. The number of nitrogens with one attached hydrogen (secondary N) is 1. The van der Waals surface area contributed by atoms with Gasteiger partial charge in [0.25, 0.3) is 5.91 Å². The van der Waals surface area contributed by atoms with Gasteiger partial charge in [-0.1, -0.05) is 0 Å². The first kappa shape index (κ1) is 20.4. The van der Waals surface area contributed by atoms with E-state index in [0.717, 1.165) is 0 Å². The maximum absolute atomic E-state index is 12.4. The molecule has 0 unspecified atom stereocenters. The summed E-state index contributed by atoms with van der Waals surface area (Å²) in [5.74, 6) is -0.776. The van der Waals surface area contributed by atoms with Crippen LogP contribution in [-0.4, -0.2) is 48.5 Å². The lowest BCUT2D eigenvalue weighted by molar-refractivity contribution is -0.144. The van der Waals surface area contributed by atoms with Crippen LogP contribution in [-0.2, 0) is 19.1 Å². The van der Waals surface area contributed by atoms with Crippen LogP contribution >= 0.6 is 11.3 Å². The van der Waals surface area contributed by atoms with Gasteiger partial charge in [0.15, 0.2) is 0 Å². The molecule has 2 aromatic rings. The first-order chi connectivity index (χ1) is 13.0. The normalized spacial score (nSPS) is 10.5. The van der Waals surface area contributed by atoms with Crippen molar-refractivity contribution in [3.63, 3.8) is 0 Å². The average molecular weight is 395 g/mol. The topological polar surface area (TPSA) is 109 Å². The molecule has 0 aliphatic rings. The number of ether oxygens (including phenoxy) is 3. The number of nitrogens with zero attached hydrogens (tertiary/aromatic N) is 2. The van der Waals surface area contributed by atoms with Crippen molar-refractivity contribution in [1.29, 1.82) is 0 Å². The Kier molecular flexibility index (Phi) is 7.35. The summed E-state index contributed by atoms with van der Waals surface area (Å²) in [6.45, 7) is 2.30. The summed E-state index contributed by atoms with van der Waals surface area (Å²) in [5.41, 5.74) is 0.426. The summed E-state index contributed by atoms with van der Waals surface area (Å²) >= 11 is 1.27. The Bertz CT molecular complexity index is 782. The van der Waals surface area contributed by atoms with Crippen LogP contribution in [0.2, 0.25) is 0 Å². The van der Waals surface area contributed by atoms with E-state index in [0.29, 0.717) is 22.9 Å². The van der Waals surface area contributed by atoms with Crippen LogP contribution in [0.15, 0.2) is 23.8 Å². The third-order valence-electron chi connectivity index (χ3n) is 3.63. The van der Waals surface area contributed by atoms with E-state index in [1.807, 2.05) is 6.92 Å². The predicted molar refractivity (Wildman–Crippen MR) is 98.0 cm³/mol. The highest BCUT2D eigenvalue weighted by Gasteiger charge is 2.22. The molecule has 1 N–H and O–H groups in total. The lowest BCUT2D eigenvalue weighted by Gasteiger charge is -2.15. The quantitative estimate of drug-likeness (QED) is 0.649. The lowest BCUT2D eigenvalue weighted by Crippen LogP contribution is -2.19. The minimum Gasteiger partial charge on any atom is -0.492 e. The minimum absolute atomic E-state index is 0.0555.